The van der Waals surface area contributed by atoms with Crippen LogP contribution in [0.25, 0.3) is 0 Å². The summed E-state index contributed by atoms with van der Waals surface area (Å²) >= 11 is 3.15. The zero-order valence-corrected chi connectivity index (χ0v) is 13.2. The highest BCUT2D eigenvalue weighted by molar-refractivity contribution is 9.10. The normalized spacial score (nSPS) is 11.2. The molecule has 0 atom stereocenters. The Labute approximate surface area is 125 Å². The number of benzene rings is 1. The number of aliphatic hydroxyl groups is 1. The molecule has 1 aromatic carbocycles. The van der Waals surface area contributed by atoms with Crippen molar-refractivity contribution in [2.24, 2.45) is 0 Å². The third-order valence-corrected chi connectivity index (χ3v) is 3.13. The van der Waals surface area contributed by atoms with Crippen LogP contribution in [0.5, 0.6) is 0 Å². The van der Waals surface area contributed by atoms with Crippen LogP contribution in [0.2, 0.25) is 0 Å². The van der Waals surface area contributed by atoms with E-state index in [1.54, 1.807) is 26.8 Å². The van der Waals surface area contributed by atoms with Crippen molar-refractivity contribution in [1.29, 1.82) is 0 Å². The maximum absolute atomic E-state index is 12.4. The minimum Gasteiger partial charge on any atom is -0.389 e. The van der Waals surface area contributed by atoms with E-state index in [-0.39, 0.29) is 17.8 Å². The standard InChI is InChI=1S/C13H17BrN2O4/c1-4-15(8-13(2,3)18)12(17)10-6-5-9(14)7-11(10)16(19)20/h5-7,18H,4,8H2,1-3H3. The van der Waals surface area contributed by atoms with E-state index < -0.39 is 16.4 Å². The summed E-state index contributed by atoms with van der Waals surface area (Å²) in [5, 5.41) is 20.8. The quantitative estimate of drug-likeness (QED) is 0.657. The van der Waals surface area contributed by atoms with Gasteiger partial charge in [-0.05, 0) is 32.9 Å². The molecule has 110 valence electrons. The molecule has 0 spiro atoms. The largest absolute Gasteiger partial charge is 0.389 e. The van der Waals surface area contributed by atoms with Gasteiger partial charge in [0.15, 0.2) is 0 Å². The molecule has 0 saturated heterocycles. The van der Waals surface area contributed by atoms with Gasteiger partial charge in [0.05, 0.1) is 10.5 Å². The lowest BCUT2D eigenvalue weighted by Crippen LogP contribution is -2.42. The predicted octanol–water partition coefficient (Wildman–Crippen LogP) is 2.59. The van der Waals surface area contributed by atoms with Crippen molar-refractivity contribution in [3.05, 3.63) is 38.3 Å². The molecule has 0 heterocycles. The molecule has 0 aliphatic heterocycles. The molecule has 20 heavy (non-hydrogen) atoms. The second-order valence-corrected chi connectivity index (χ2v) is 5.97. The van der Waals surface area contributed by atoms with E-state index in [0.29, 0.717) is 11.0 Å². The predicted molar refractivity (Wildman–Crippen MR) is 78.7 cm³/mol. The molecule has 6 nitrogen and oxygen atoms in total. The van der Waals surface area contributed by atoms with E-state index in [1.807, 2.05) is 0 Å². The SMILES string of the molecule is CCN(CC(C)(C)O)C(=O)c1ccc(Br)cc1[N+](=O)[O-]. The lowest BCUT2D eigenvalue weighted by atomic mass is 10.1. The summed E-state index contributed by atoms with van der Waals surface area (Å²) in [6.45, 7) is 5.39. The molecule has 0 fully saturated rings. The van der Waals surface area contributed by atoms with Crippen molar-refractivity contribution in [3.8, 4) is 0 Å². The van der Waals surface area contributed by atoms with E-state index in [2.05, 4.69) is 15.9 Å². The first-order valence-electron chi connectivity index (χ1n) is 6.11. The molecule has 1 N–H and O–H groups in total. The number of nitrogens with zero attached hydrogens (tertiary/aromatic N) is 2. The summed E-state index contributed by atoms with van der Waals surface area (Å²) in [4.78, 5) is 24.2. The molecule has 7 heteroatoms. The van der Waals surface area contributed by atoms with E-state index in [9.17, 15) is 20.0 Å². The molecular formula is C13H17BrN2O4. The first-order valence-corrected chi connectivity index (χ1v) is 6.90. The van der Waals surface area contributed by atoms with Gasteiger partial charge >= 0.3 is 0 Å². The van der Waals surface area contributed by atoms with Gasteiger partial charge in [-0.15, -0.1) is 0 Å². The highest BCUT2D eigenvalue weighted by Crippen LogP contribution is 2.25. The van der Waals surface area contributed by atoms with Gasteiger partial charge in [-0.25, -0.2) is 0 Å². The molecule has 0 radical (unpaired) electrons. The zero-order valence-electron chi connectivity index (χ0n) is 11.6. The molecule has 0 aromatic heterocycles. The number of nitro benzene ring substituents is 1. The van der Waals surface area contributed by atoms with Crippen molar-refractivity contribution < 1.29 is 14.8 Å². The van der Waals surface area contributed by atoms with Gasteiger partial charge in [0, 0.05) is 23.6 Å². The molecule has 0 bridgehead atoms. The molecule has 0 aliphatic carbocycles. The maximum atomic E-state index is 12.4. The van der Waals surface area contributed by atoms with Gasteiger partial charge in [0.1, 0.15) is 5.56 Å². The fraction of sp³-hybridized carbons (Fsp3) is 0.462. The lowest BCUT2D eigenvalue weighted by Gasteiger charge is -2.28. The van der Waals surface area contributed by atoms with Gasteiger partial charge in [-0.1, -0.05) is 15.9 Å². The van der Waals surface area contributed by atoms with Crippen LogP contribution < -0.4 is 0 Å². The van der Waals surface area contributed by atoms with Gasteiger partial charge in [-0.2, -0.15) is 0 Å². The van der Waals surface area contributed by atoms with Crippen LogP contribution in [-0.2, 0) is 0 Å². The van der Waals surface area contributed by atoms with Crippen LogP contribution in [0.15, 0.2) is 22.7 Å². The van der Waals surface area contributed by atoms with E-state index >= 15 is 0 Å². The van der Waals surface area contributed by atoms with Crippen molar-refractivity contribution in [1.82, 2.24) is 4.90 Å². The summed E-state index contributed by atoms with van der Waals surface area (Å²) in [5.74, 6) is -0.464. The topological polar surface area (TPSA) is 83.7 Å². The van der Waals surface area contributed by atoms with Crippen LogP contribution in [0.4, 0.5) is 5.69 Å². The molecular weight excluding hydrogens is 328 g/mol. The number of rotatable bonds is 5. The van der Waals surface area contributed by atoms with Crippen molar-refractivity contribution in [3.63, 3.8) is 0 Å². The van der Waals surface area contributed by atoms with Crippen molar-refractivity contribution in [2.75, 3.05) is 13.1 Å². The summed E-state index contributed by atoms with van der Waals surface area (Å²) in [6.07, 6.45) is 0. The van der Waals surface area contributed by atoms with Crippen LogP contribution in [0.1, 0.15) is 31.1 Å². The third-order valence-electron chi connectivity index (χ3n) is 2.63. The number of hydrogen-bond donors (Lipinski definition) is 1. The number of carbonyl (C=O) groups excluding carboxylic acids is 1. The lowest BCUT2D eigenvalue weighted by molar-refractivity contribution is -0.385. The third kappa shape index (κ3) is 4.28. The smallest absolute Gasteiger partial charge is 0.283 e. The van der Waals surface area contributed by atoms with Gasteiger partial charge in [-0.3, -0.25) is 14.9 Å². The van der Waals surface area contributed by atoms with Crippen molar-refractivity contribution >= 4 is 27.5 Å². The number of nitro groups is 1. The maximum Gasteiger partial charge on any atom is 0.283 e. The zero-order chi connectivity index (χ0) is 15.5. The Morgan fingerprint density at radius 3 is 2.55 bits per heavy atom. The van der Waals surface area contributed by atoms with Crippen molar-refractivity contribution in [2.45, 2.75) is 26.4 Å². The molecule has 0 unspecified atom stereocenters. The fourth-order valence-electron chi connectivity index (χ4n) is 1.80. The molecule has 1 amide bonds. The Kier molecular flexibility index (Phi) is 5.24. The number of halogens is 1. The average molecular weight is 345 g/mol. The number of amides is 1. The van der Waals surface area contributed by atoms with Crippen LogP contribution in [0.3, 0.4) is 0 Å². The molecule has 1 aromatic rings. The van der Waals surface area contributed by atoms with Gasteiger partial charge in [0.2, 0.25) is 0 Å². The first-order chi connectivity index (χ1) is 9.15. The van der Waals surface area contributed by atoms with E-state index in [1.165, 1.54) is 17.0 Å². The number of likely N-dealkylation sites (N-methyl/N-ethyl adjacent to an activating group) is 1. The number of carbonyl (C=O) groups is 1. The highest BCUT2D eigenvalue weighted by atomic mass is 79.9. The second-order valence-electron chi connectivity index (χ2n) is 5.05. The van der Waals surface area contributed by atoms with Crippen LogP contribution in [0, 0.1) is 10.1 Å². The number of hydrogen-bond acceptors (Lipinski definition) is 4. The Balaban J connectivity index is 3.16. The summed E-state index contributed by atoms with van der Waals surface area (Å²) in [7, 11) is 0. The summed E-state index contributed by atoms with van der Waals surface area (Å²) < 4.78 is 0.534. The minimum absolute atomic E-state index is 0.0179. The highest BCUT2D eigenvalue weighted by Gasteiger charge is 2.27. The summed E-state index contributed by atoms with van der Waals surface area (Å²) in [6, 6.07) is 4.29. The van der Waals surface area contributed by atoms with E-state index in [4.69, 9.17) is 0 Å². The Hall–Kier alpha value is -1.47. The van der Waals surface area contributed by atoms with Gasteiger partial charge in [0.25, 0.3) is 11.6 Å². The average Bonchev–Trinajstić information content (AvgIpc) is 2.33. The molecule has 0 saturated carbocycles. The Bertz CT molecular complexity index is 526. The van der Waals surface area contributed by atoms with Crippen LogP contribution >= 0.6 is 15.9 Å². The first kappa shape index (κ1) is 16.6. The van der Waals surface area contributed by atoms with Crippen LogP contribution in [-0.4, -0.2) is 39.5 Å². The Morgan fingerprint density at radius 1 is 1.50 bits per heavy atom. The monoisotopic (exact) mass is 344 g/mol. The van der Waals surface area contributed by atoms with Gasteiger partial charge < -0.3 is 10.0 Å². The molecule has 1 rings (SSSR count). The minimum atomic E-state index is -1.06. The second kappa shape index (κ2) is 6.32. The summed E-state index contributed by atoms with van der Waals surface area (Å²) in [5.41, 5.74) is -1.29. The fourth-order valence-corrected chi connectivity index (χ4v) is 2.15. The van der Waals surface area contributed by atoms with E-state index in [0.717, 1.165) is 0 Å². The molecule has 0 aliphatic rings. The Morgan fingerprint density at radius 2 is 2.10 bits per heavy atom.